The second-order valence-corrected chi connectivity index (χ2v) is 6.55. The smallest absolute Gasteiger partial charge is 0.263 e. The lowest BCUT2D eigenvalue weighted by Gasteiger charge is -2.13. The van der Waals surface area contributed by atoms with Crippen LogP contribution in [0.3, 0.4) is 0 Å². The van der Waals surface area contributed by atoms with Crippen molar-refractivity contribution in [2.75, 3.05) is 10.5 Å². The van der Waals surface area contributed by atoms with E-state index in [0.717, 1.165) is 16.7 Å². The molecule has 0 fully saturated rings. The van der Waals surface area contributed by atoms with Crippen molar-refractivity contribution < 1.29 is 8.42 Å². The Bertz CT molecular complexity index is 752. The first kappa shape index (κ1) is 14.4. The Morgan fingerprint density at radius 3 is 2.20 bits per heavy atom. The number of aryl methyl sites for hydroxylation is 3. The monoisotopic (exact) mass is 290 g/mol. The zero-order chi connectivity index (χ0) is 14.9. The molecule has 106 valence electrons. The van der Waals surface area contributed by atoms with Gasteiger partial charge in [-0.1, -0.05) is 18.2 Å². The Balaban J connectivity index is 2.47. The predicted molar refractivity (Wildman–Crippen MR) is 82.3 cm³/mol. The third-order valence-corrected chi connectivity index (χ3v) is 4.73. The summed E-state index contributed by atoms with van der Waals surface area (Å²) in [6.45, 7) is 5.61. The van der Waals surface area contributed by atoms with Gasteiger partial charge in [0.2, 0.25) is 0 Å². The number of benzene rings is 2. The van der Waals surface area contributed by atoms with Gasteiger partial charge in [-0.15, -0.1) is 0 Å². The van der Waals surface area contributed by atoms with Gasteiger partial charge in [0, 0.05) is 0 Å². The highest BCUT2D eigenvalue weighted by molar-refractivity contribution is 7.92. The van der Waals surface area contributed by atoms with Gasteiger partial charge >= 0.3 is 0 Å². The van der Waals surface area contributed by atoms with Crippen LogP contribution < -0.4 is 10.5 Å². The van der Waals surface area contributed by atoms with E-state index < -0.39 is 10.0 Å². The molecule has 0 bridgehead atoms. The van der Waals surface area contributed by atoms with E-state index in [1.807, 2.05) is 32.9 Å². The first-order chi connectivity index (χ1) is 9.31. The minimum Gasteiger partial charge on any atom is -0.398 e. The third-order valence-electron chi connectivity index (χ3n) is 3.31. The van der Waals surface area contributed by atoms with E-state index in [1.165, 1.54) is 0 Å². The SMILES string of the molecule is Cc1cc(N)c(S(=O)(=O)Nc2ccccc2C)cc1C. The number of anilines is 2. The van der Waals surface area contributed by atoms with Crippen LogP contribution in [0.15, 0.2) is 41.3 Å². The fourth-order valence-corrected chi connectivity index (χ4v) is 3.26. The number of rotatable bonds is 3. The van der Waals surface area contributed by atoms with Crippen molar-refractivity contribution in [1.82, 2.24) is 0 Å². The minimum absolute atomic E-state index is 0.115. The number of hydrogen-bond donors (Lipinski definition) is 2. The normalized spacial score (nSPS) is 11.3. The molecule has 0 unspecified atom stereocenters. The fourth-order valence-electron chi connectivity index (χ4n) is 1.93. The Morgan fingerprint density at radius 1 is 0.950 bits per heavy atom. The Hall–Kier alpha value is -2.01. The highest BCUT2D eigenvalue weighted by atomic mass is 32.2. The van der Waals surface area contributed by atoms with Gasteiger partial charge in [0.15, 0.2) is 0 Å². The highest BCUT2D eigenvalue weighted by Crippen LogP contribution is 2.25. The lowest BCUT2D eigenvalue weighted by atomic mass is 10.1. The van der Waals surface area contributed by atoms with E-state index in [-0.39, 0.29) is 10.6 Å². The van der Waals surface area contributed by atoms with Crippen molar-refractivity contribution in [3.8, 4) is 0 Å². The quantitative estimate of drug-likeness (QED) is 0.854. The molecule has 0 aliphatic rings. The zero-order valence-corrected chi connectivity index (χ0v) is 12.6. The number of para-hydroxylation sites is 1. The molecule has 0 atom stereocenters. The molecule has 0 amide bonds. The molecule has 20 heavy (non-hydrogen) atoms. The second kappa shape index (κ2) is 5.17. The van der Waals surface area contributed by atoms with E-state index in [2.05, 4.69) is 4.72 Å². The number of sulfonamides is 1. The highest BCUT2D eigenvalue weighted by Gasteiger charge is 2.19. The molecule has 2 aromatic carbocycles. The average Bonchev–Trinajstić information content (AvgIpc) is 2.36. The number of nitrogens with two attached hydrogens (primary N) is 1. The Kier molecular flexibility index (Phi) is 3.72. The van der Waals surface area contributed by atoms with Gasteiger partial charge in [-0.25, -0.2) is 8.42 Å². The summed E-state index contributed by atoms with van der Waals surface area (Å²) in [6.07, 6.45) is 0. The summed E-state index contributed by atoms with van der Waals surface area (Å²) in [5, 5.41) is 0. The minimum atomic E-state index is -3.68. The summed E-state index contributed by atoms with van der Waals surface area (Å²) in [4.78, 5) is 0.115. The van der Waals surface area contributed by atoms with E-state index in [0.29, 0.717) is 5.69 Å². The molecule has 0 saturated carbocycles. The topological polar surface area (TPSA) is 72.2 Å². The first-order valence-corrected chi connectivity index (χ1v) is 7.75. The largest absolute Gasteiger partial charge is 0.398 e. The van der Waals surface area contributed by atoms with Gasteiger partial charge in [0.05, 0.1) is 11.4 Å². The van der Waals surface area contributed by atoms with Crippen LogP contribution in [0.25, 0.3) is 0 Å². The molecular formula is C15H18N2O2S. The number of nitrogens with one attached hydrogen (secondary N) is 1. The lowest BCUT2D eigenvalue weighted by Crippen LogP contribution is -2.16. The summed E-state index contributed by atoms with van der Waals surface area (Å²) in [7, 11) is -3.68. The van der Waals surface area contributed by atoms with Gasteiger partial charge in [-0.05, 0) is 55.7 Å². The molecule has 4 nitrogen and oxygen atoms in total. The van der Waals surface area contributed by atoms with Crippen LogP contribution in [0.2, 0.25) is 0 Å². The van der Waals surface area contributed by atoms with Crippen LogP contribution in [-0.4, -0.2) is 8.42 Å². The van der Waals surface area contributed by atoms with Crippen molar-refractivity contribution >= 4 is 21.4 Å². The van der Waals surface area contributed by atoms with Crippen molar-refractivity contribution in [2.24, 2.45) is 0 Å². The van der Waals surface area contributed by atoms with Gasteiger partial charge in [0.25, 0.3) is 10.0 Å². The van der Waals surface area contributed by atoms with Crippen LogP contribution in [0.4, 0.5) is 11.4 Å². The summed E-state index contributed by atoms with van der Waals surface area (Å²) in [5.74, 6) is 0. The summed E-state index contributed by atoms with van der Waals surface area (Å²) in [6, 6.07) is 10.5. The van der Waals surface area contributed by atoms with Crippen molar-refractivity contribution in [2.45, 2.75) is 25.7 Å². The third kappa shape index (κ3) is 2.77. The second-order valence-electron chi connectivity index (χ2n) is 4.89. The molecule has 0 radical (unpaired) electrons. The van der Waals surface area contributed by atoms with Crippen LogP contribution >= 0.6 is 0 Å². The van der Waals surface area contributed by atoms with Crippen LogP contribution in [0, 0.1) is 20.8 Å². The van der Waals surface area contributed by atoms with E-state index in [4.69, 9.17) is 5.73 Å². The average molecular weight is 290 g/mol. The van der Waals surface area contributed by atoms with Gasteiger partial charge in [0.1, 0.15) is 4.90 Å². The molecule has 0 spiro atoms. The van der Waals surface area contributed by atoms with E-state index in [1.54, 1.807) is 24.3 Å². The van der Waals surface area contributed by atoms with Gasteiger partial charge in [-0.2, -0.15) is 0 Å². The number of nitrogen functional groups attached to an aromatic ring is 1. The maximum Gasteiger partial charge on any atom is 0.263 e. The summed E-state index contributed by atoms with van der Waals surface area (Å²) in [5.41, 5.74) is 9.39. The zero-order valence-electron chi connectivity index (χ0n) is 11.8. The van der Waals surface area contributed by atoms with Gasteiger partial charge < -0.3 is 5.73 Å². The molecule has 0 aliphatic heterocycles. The van der Waals surface area contributed by atoms with Gasteiger partial charge in [-0.3, -0.25) is 4.72 Å². The Morgan fingerprint density at radius 2 is 1.55 bits per heavy atom. The van der Waals surface area contributed by atoms with E-state index >= 15 is 0 Å². The maximum atomic E-state index is 12.4. The molecule has 0 saturated heterocycles. The summed E-state index contributed by atoms with van der Waals surface area (Å²) >= 11 is 0. The molecule has 3 N–H and O–H groups in total. The van der Waals surface area contributed by atoms with Crippen molar-refractivity contribution in [3.63, 3.8) is 0 Å². The van der Waals surface area contributed by atoms with Crippen LogP contribution in [0.1, 0.15) is 16.7 Å². The molecule has 0 heterocycles. The molecule has 0 aromatic heterocycles. The van der Waals surface area contributed by atoms with E-state index in [9.17, 15) is 8.42 Å². The number of hydrogen-bond acceptors (Lipinski definition) is 3. The lowest BCUT2D eigenvalue weighted by molar-refractivity contribution is 0.601. The Labute approximate surface area is 119 Å². The fraction of sp³-hybridized carbons (Fsp3) is 0.200. The first-order valence-electron chi connectivity index (χ1n) is 6.26. The molecule has 2 aromatic rings. The van der Waals surface area contributed by atoms with Crippen LogP contribution in [0.5, 0.6) is 0 Å². The standard InChI is InChI=1S/C15H18N2O2S/c1-10-6-4-5-7-14(10)17-20(18,19)15-9-12(3)11(2)8-13(15)16/h4-9,17H,16H2,1-3H3. The molecule has 0 aliphatic carbocycles. The molecule has 2 rings (SSSR count). The molecule has 5 heteroatoms. The van der Waals surface area contributed by atoms with Crippen LogP contribution in [-0.2, 0) is 10.0 Å². The maximum absolute atomic E-state index is 12.4. The summed E-state index contributed by atoms with van der Waals surface area (Å²) < 4.78 is 27.5. The predicted octanol–water partition coefficient (Wildman–Crippen LogP) is 2.99. The van der Waals surface area contributed by atoms with Crippen molar-refractivity contribution in [1.29, 1.82) is 0 Å². The van der Waals surface area contributed by atoms with Crippen molar-refractivity contribution in [3.05, 3.63) is 53.1 Å². The molecular weight excluding hydrogens is 272 g/mol.